The molecule has 6 heteroatoms. The minimum Gasteiger partial charge on any atom is -0.462 e. The minimum absolute atomic E-state index is 0.0128. The van der Waals surface area contributed by atoms with Crippen molar-refractivity contribution in [1.82, 2.24) is 0 Å². The summed E-state index contributed by atoms with van der Waals surface area (Å²) in [4.78, 5) is 26.3. The van der Waals surface area contributed by atoms with Gasteiger partial charge in [-0.1, -0.05) is 130 Å². The Bertz CT molecular complexity index is 2170. The van der Waals surface area contributed by atoms with Crippen molar-refractivity contribution in [3.63, 3.8) is 0 Å². The van der Waals surface area contributed by atoms with Crippen LogP contribution in [0.1, 0.15) is 78.5 Å². The number of nitriles is 2. The SMILES string of the molecule is CCCCOC(=O)/C(C#N)=C1\C=C(c2ccc(C3=C(c4ccccc4)/C(=C(\C#N)C(=O)OCCCC)c4ccccc43)cc2)c2ccccc21. The lowest BCUT2D eigenvalue weighted by molar-refractivity contribution is -0.139. The van der Waals surface area contributed by atoms with Gasteiger partial charge in [-0.05, 0) is 74.6 Å². The number of nitrogens with zero attached hydrogens (tertiary/aromatic N) is 2. The number of unbranched alkanes of at least 4 members (excludes halogenated alkanes) is 2. The van der Waals surface area contributed by atoms with E-state index in [2.05, 4.69) is 12.1 Å². The Balaban J connectivity index is 1.49. The normalized spacial score (nSPS) is 14.9. The Morgan fingerprint density at radius 3 is 1.66 bits per heavy atom. The van der Waals surface area contributed by atoms with E-state index in [0.717, 1.165) is 74.9 Å². The van der Waals surface area contributed by atoms with Crippen LogP contribution in [-0.2, 0) is 19.1 Å². The summed E-state index contributed by atoms with van der Waals surface area (Å²) >= 11 is 0. The number of carbonyl (C=O) groups excluding carboxylic acids is 2. The van der Waals surface area contributed by atoms with Gasteiger partial charge >= 0.3 is 11.9 Å². The first-order valence-electron chi connectivity index (χ1n) is 17.0. The molecule has 6 nitrogen and oxygen atoms in total. The van der Waals surface area contributed by atoms with Gasteiger partial charge in [-0.15, -0.1) is 0 Å². The van der Waals surface area contributed by atoms with Gasteiger partial charge in [0.05, 0.1) is 13.2 Å². The molecule has 0 unspecified atom stereocenters. The van der Waals surface area contributed by atoms with E-state index >= 15 is 0 Å². The maximum absolute atomic E-state index is 13.4. The smallest absolute Gasteiger partial charge is 0.349 e. The second kappa shape index (κ2) is 15.3. The van der Waals surface area contributed by atoms with Crippen molar-refractivity contribution in [3.8, 4) is 12.1 Å². The summed E-state index contributed by atoms with van der Waals surface area (Å²) in [5.74, 6) is -1.24. The molecule has 4 aromatic carbocycles. The van der Waals surface area contributed by atoms with Crippen LogP contribution in [0.5, 0.6) is 0 Å². The summed E-state index contributed by atoms with van der Waals surface area (Å²) in [6.45, 7) is 4.55. The van der Waals surface area contributed by atoms with Gasteiger partial charge in [0.1, 0.15) is 23.3 Å². The Labute approximate surface area is 292 Å². The molecule has 0 saturated heterocycles. The number of rotatable bonds is 11. The molecule has 4 aromatic rings. The average molecular weight is 657 g/mol. The maximum Gasteiger partial charge on any atom is 0.349 e. The van der Waals surface area contributed by atoms with Crippen LogP contribution in [0.15, 0.2) is 120 Å². The summed E-state index contributed by atoms with van der Waals surface area (Å²) in [6.07, 6.45) is 5.09. The van der Waals surface area contributed by atoms with E-state index in [9.17, 15) is 20.1 Å². The molecule has 0 atom stereocenters. The molecule has 2 aliphatic rings. The van der Waals surface area contributed by atoms with E-state index in [1.807, 2.05) is 123 Å². The number of ether oxygens (including phenoxy) is 2. The van der Waals surface area contributed by atoms with Crippen LogP contribution in [0.4, 0.5) is 0 Å². The summed E-state index contributed by atoms with van der Waals surface area (Å²) in [5.41, 5.74) is 9.81. The van der Waals surface area contributed by atoms with Crippen LogP contribution >= 0.6 is 0 Å². The average Bonchev–Trinajstić information content (AvgIpc) is 3.70. The Morgan fingerprint density at radius 1 is 0.560 bits per heavy atom. The predicted octanol–water partition coefficient (Wildman–Crippen LogP) is 9.35. The van der Waals surface area contributed by atoms with Crippen LogP contribution < -0.4 is 0 Å². The van der Waals surface area contributed by atoms with Crippen LogP contribution in [0.3, 0.4) is 0 Å². The molecular weight excluding hydrogens is 620 g/mol. The summed E-state index contributed by atoms with van der Waals surface area (Å²) in [6, 6.07) is 37.8. The quantitative estimate of drug-likeness (QED) is 0.0690. The molecule has 0 radical (unpaired) electrons. The molecule has 0 aliphatic heterocycles. The largest absolute Gasteiger partial charge is 0.462 e. The van der Waals surface area contributed by atoms with E-state index in [0.29, 0.717) is 17.6 Å². The third-order valence-electron chi connectivity index (χ3n) is 8.92. The van der Waals surface area contributed by atoms with Crippen molar-refractivity contribution in [1.29, 1.82) is 10.5 Å². The molecule has 2 aliphatic carbocycles. The molecule has 6 rings (SSSR count). The second-order valence-electron chi connectivity index (χ2n) is 12.1. The first-order chi connectivity index (χ1) is 24.5. The van der Waals surface area contributed by atoms with E-state index in [1.165, 1.54) is 0 Å². The zero-order valence-corrected chi connectivity index (χ0v) is 28.2. The number of benzene rings is 4. The minimum atomic E-state index is -0.627. The fourth-order valence-corrected chi connectivity index (χ4v) is 6.46. The third kappa shape index (κ3) is 6.44. The highest BCUT2D eigenvalue weighted by atomic mass is 16.5. The third-order valence-corrected chi connectivity index (χ3v) is 8.92. The van der Waals surface area contributed by atoms with Gasteiger partial charge in [0, 0.05) is 11.1 Å². The van der Waals surface area contributed by atoms with Crippen LogP contribution in [0.25, 0.3) is 27.9 Å². The molecule has 0 N–H and O–H groups in total. The van der Waals surface area contributed by atoms with Crippen molar-refractivity contribution in [2.24, 2.45) is 0 Å². The highest BCUT2D eigenvalue weighted by molar-refractivity contribution is 6.29. The molecule has 50 heavy (non-hydrogen) atoms. The molecule has 0 fully saturated rings. The fourth-order valence-electron chi connectivity index (χ4n) is 6.46. The van der Waals surface area contributed by atoms with Crippen molar-refractivity contribution >= 4 is 39.8 Å². The van der Waals surface area contributed by atoms with Crippen LogP contribution in [0, 0.1) is 22.7 Å². The van der Waals surface area contributed by atoms with Crippen molar-refractivity contribution in [2.75, 3.05) is 13.2 Å². The van der Waals surface area contributed by atoms with E-state index in [-0.39, 0.29) is 24.4 Å². The zero-order valence-electron chi connectivity index (χ0n) is 28.2. The van der Waals surface area contributed by atoms with Gasteiger partial charge in [0.25, 0.3) is 0 Å². The standard InChI is InChI=1S/C44H36N2O4/c1-3-5-24-49-43(47)38(27-45)37-26-36(32-16-10-11-17-33(32)37)29-20-22-31(23-21-29)40-34-18-12-13-19-35(34)42(41(40)30-14-8-7-9-15-30)39(28-46)44(48)50-25-6-4-2/h7-23,26H,3-6,24-25H2,1-2H3/b38-37+,42-39+. The first-order valence-corrected chi connectivity index (χ1v) is 17.0. The van der Waals surface area contributed by atoms with Crippen molar-refractivity contribution in [2.45, 2.75) is 39.5 Å². The number of carbonyl (C=O) groups is 2. The summed E-state index contributed by atoms with van der Waals surface area (Å²) < 4.78 is 11.0. The van der Waals surface area contributed by atoms with Gasteiger partial charge in [-0.2, -0.15) is 10.5 Å². The van der Waals surface area contributed by atoms with E-state index < -0.39 is 11.9 Å². The lowest BCUT2D eigenvalue weighted by atomic mass is 9.90. The fraction of sp³-hybridized carbons (Fsp3) is 0.182. The predicted molar refractivity (Wildman–Crippen MR) is 196 cm³/mol. The molecule has 0 bridgehead atoms. The second-order valence-corrected chi connectivity index (χ2v) is 12.1. The van der Waals surface area contributed by atoms with Gasteiger partial charge in [0.2, 0.25) is 0 Å². The van der Waals surface area contributed by atoms with E-state index in [4.69, 9.17) is 9.47 Å². The van der Waals surface area contributed by atoms with Crippen LogP contribution in [-0.4, -0.2) is 25.2 Å². The van der Waals surface area contributed by atoms with Crippen LogP contribution in [0.2, 0.25) is 0 Å². The highest BCUT2D eigenvalue weighted by Crippen LogP contribution is 2.51. The molecule has 0 saturated carbocycles. The number of fused-ring (bicyclic) bond motifs is 2. The van der Waals surface area contributed by atoms with Crippen molar-refractivity contribution < 1.29 is 19.1 Å². The topological polar surface area (TPSA) is 100 Å². The Hall–Kier alpha value is -6.24. The summed E-state index contributed by atoms with van der Waals surface area (Å²) in [7, 11) is 0. The van der Waals surface area contributed by atoms with Crippen molar-refractivity contribution in [3.05, 3.63) is 159 Å². The molecule has 0 heterocycles. The highest BCUT2D eigenvalue weighted by Gasteiger charge is 2.33. The lowest BCUT2D eigenvalue weighted by Crippen LogP contribution is -2.10. The first kappa shape index (κ1) is 33.7. The zero-order chi connectivity index (χ0) is 35.0. The van der Waals surface area contributed by atoms with Gasteiger partial charge in [0.15, 0.2) is 0 Å². The maximum atomic E-state index is 13.4. The van der Waals surface area contributed by atoms with Gasteiger partial charge in [-0.25, -0.2) is 9.59 Å². The monoisotopic (exact) mass is 656 g/mol. The molecular formula is C44H36N2O4. The molecule has 246 valence electrons. The molecule has 0 spiro atoms. The number of hydrogen-bond acceptors (Lipinski definition) is 6. The summed E-state index contributed by atoms with van der Waals surface area (Å²) in [5, 5.41) is 20.4. The number of hydrogen-bond donors (Lipinski definition) is 0. The van der Waals surface area contributed by atoms with E-state index in [1.54, 1.807) is 0 Å². The van der Waals surface area contributed by atoms with Gasteiger partial charge in [-0.3, -0.25) is 0 Å². The lowest BCUT2D eigenvalue weighted by Gasteiger charge is -2.13. The number of esters is 2. The Morgan fingerprint density at radius 2 is 1.06 bits per heavy atom. The molecule has 0 amide bonds. The Kier molecular flexibility index (Phi) is 10.3. The van der Waals surface area contributed by atoms with Gasteiger partial charge < -0.3 is 9.47 Å². The molecule has 0 aromatic heterocycles. The number of allylic oxidation sites excluding steroid dienone is 4.